The number of halogens is 3. The van der Waals surface area contributed by atoms with Gasteiger partial charge in [0, 0.05) is 19.3 Å². The third-order valence-corrected chi connectivity index (χ3v) is 10.9. The fraction of sp³-hybridized carbons (Fsp3) is 0.460. The average Bonchev–Trinajstić information content (AvgIpc) is 3.28. The smallest absolute Gasteiger partial charge is 0.391 e. The van der Waals surface area contributed by atoms with E-state index in [1.54, 1.807) is 90.1 Å². The monoisotopic (exact) mass is 996 g/mol. The van der Waals surface area contributed by atoms with Gasteiger partial charge in [-0.25, -0.2) is 0 Å². The average molecular weight is 997 g/mol. The molecular weight excluding hydrogens is 934 g/mol. The molecule has 386 valence electrons. The van der Waals surface area contributed by atoms with Gasteiger partial charge in [-0.05, 0) is 59.1 Å². The number of ether oxygens (including phenoxy) is 1. The van der Waals surface area contributed by atoms with Crippen LogP contribution in [0.2, 0.25) is 0 Å². The number of carboxylic acids is 2. The van der Waals surface area contributed by atoms with Gasteiger partial charge in [-0.1, -0.05) is 101 Å². The summed E-state index contributed by atoms with van der Waals surface area (Å²) < 4.78 is 45.3. The first-order valence-electron chi connectivity index (χ1n) is 22.8. The predicted octanol–water partition coefficient (Wildman–Crippen LogP) is 3.85. The molecule has 6 atom stereocenters. The molecule has 0 radical (unpaired) electrons. The highest BCUT2D eigenvalue weighted by atomic mass is 19.4. The number of carbonyl (C=O) groups excluding carboxylic acids is 7. The second-order valence-electron chi connectivity index (χ2n) is 18.6. The first-order valence-corrected chi connectivity index (χ1v) is 22.8. The molecule has 18 nitrogen and oxygen atoms in total. The maximum Gasteiger partial charge on any atom is 0.391 e. The summed E-state index contributed by atoms with van der Waals surface area (Å²) in [6, 6.07) is 13.0. The number of aryl methyl sites for hydroxylation is 1. The second-order valence-corrected chi connectivity index (χ2v) is 18.6. The zero-order valence-corrected chi connectivity index (χ0v) is 40.4. The van der Waals surface area contributed by atoms with Crippen molar-refractivity contribution in [2.75, 3.05) is 0 Å². The molecule has 0 aliphatic carbocycles. The summed E-state index contributed by atoms with van der Waals surface area (Å²) in [6.07, 6.45) is -9.16. The zero-order chi connectivity index (χ0) is 53.1. The number of hydrogen-bond donors (Lipinski definition) is 8. The Morgan fingerprint density at radius 2 is 1.17 bits per heavy atom. The number of rotatable bonds is 27. The number of aldehydes is 1. The highest BCUT2D eigenvalue weighted by molar-refractivity contribution is 5.98. The Balaban J connectivity index is 2.02. The molecular formula is C50H63F3N6O12. The van der Waals surface area contributed by atoms with Crippen LogP contribution in [0.3, 0.4) is 0 Å². The minimum atomic E-state index is -4.79. The summed E-state index contributed by atoms with van der Waals surface area (Å²) in [5, 5.41) is 33.3. The Morgan fingerprint density at radius 3 is 1.72 bits per heavy atom. The minimum absolute atomic E-state index is 0.0626. The van der Waals surface area contributed by atoms with E-state index in [2.05, 4.69) is 26.6 Å². The highest BCUT2D eigenvalue weighted by Gasteiger charge is 2.39. The number of nitrogens with one attached hydrogen (secondary N) is 6. The van der Waals surface area contributed by atoms with Crippen LogP contribution >= 0.6 is 0 Å². The largest absolute Gasteiger partial charge is 0.489 e. The number of carboxylic acid groups (broad SMARTS) is 2. The summed E-state index contributed by atoms with van der Waals surface area (Å²) in [5.74, 6) is -8.57. The Morgan fingerprint density at radius 1 is 0.620 bits per heavy atom. The second kappa shape index (κ2) is 27.2. The van der Waals surface area contributed by atoms with E-state index < -0.39 is 121 Å². The van der Waals surface area contributed by atoms with E-state index in [1.807, 2.05) is 35.6 Å². The van der Waals surface area contributed by atoms with Crippen molar-refractivity contribution in [1.82, 2.24) is 31.9 Å². The molecule has 0 saturated carbocycles. The summed E-state index contributed by atoms with van der Waals surface area (Å²) in [6.45, 7) is 10.2. The van der Waals surface area contributed by atoms with E-state index in [0.29, 0.717) is 22.4 Å². The van der Waals surface area contributed by atoms with Crippen LogP contribution in [0.25, 0.3) is 0 Å². The van der Waals surface area contributed by atoms with Crippen LogP contribution in [0.15, 0.2) is 78.9 Å². The molecule has 0 spiro atoms. The summed E-state index contributed by atoms with van der Waals surface area (Å²) in [5.41, 5.74) is 1.54. The number of carbonyl (C=O) groups is 9. The quantitative estimate of drug-likeness (QED) is 0.0506. The lowest BCUT2D eigenvalue weighted by Gasteiger charge is -2.34. The number of amides is 6. The normalized spacial score (nSPS) is 14.0. The molecule has 0 heterocycles. The first-order chi connectivity index (χ1) is 33.2. The lowest BCUT2D eigenvalue weighted by atomic mass is 9.85. The molecule has 71 heavy (non-hydrogen) atoms. The van der Waals surface area contributed by atoms with Crippen LogP contribution in [-0.4, -0.2) is 106 Å². The lowest BCUT2D eigenvalue weighted by Crippen LogP contribution is -2.62. The van der Waals surface area contributed by atoms with Crippen LogP contribution in [0.5, 0.6) is 5.75 Å². The molecule has 1 unspecified atom stereocenters. The number of alkyl halides is 3. The first kappa shape index (κ1) is 58.0. The van der Waals surface area contributed by atoms with Crippen LogP contribution in [-0.2, 0) is 62.6 Å². The van der Waals surface area contributed by atoms with E-state index in [0.717, 1.165) is 5.56 Å². The Bertz CT molecular complexity index is 2320. The van der Waals surface area contributed by atoms with E-state index in [-0.39, 0.29) is 38.1 Å². The van der Waals surface area contributed by atoms with E-state index in [1.165, 1.54) is 0 Å². The third-order valence-electron chi connectivity index (χ3n) is 10.9. The Labute approximate surface area is 409 Å². The van der Waals surface area contributed by atoms with Gasteiger partial charge in [-0.3, -0.25) is 38.4 Å². The van der Waals surface area contributed by atoms with Crippen molar-refractivity contribution in [2.24, 2.45) is 11.3 Å². The van der Waals surface area contributed by atoms with Gasteiger partial charge in [0.05, 0.1) is 25.3 Å². The maximum absolute atomic E-state index is 14.6. The predicted molar refractivity (Wildman–Crippen MR) is 252 cm³/mol. The zero-order valence-electron chi connectivity index (χ0n) is 40.4. The fourth-order valence-electron chi connectivity index (χ4n) is 7.13. The fourth-order valence-corrected chi connectivity index (χ4v) is 7.13. The van der Waals surface area contributed by atoms with Gasteiger partial charge in [0.2, 0.25) is 35.4 Å². The van der Waals surface area contributed by atoms with E-state index >= 15 is 0 Å². The van der Waals surface area contributed by atoms with Crippen molar-refractivity contribution >= 4 is 53.7 Å². The molecule has 3 aromatic rings. The van der Waals surface area contributed by atoms with E-state index in [4.69, 9.17) is 9.84 Å². The standard InChI is InChI=1S/C50H63F3N6O12/c1-29(2)22-36(44(66)54-34(27-60)26-50(51,52)53)58-48(70)43(49(4,5)6)59-47(69)38(24-33-15-11-10-12-30(33)3)57-45(67)37(56-46(68)39(25-42(64)65)55-40(61)20-21-41(62)63)23-31-16-18-35(19-17-31)71-28-32-13-8-7-9-14-32/h7-19,27,29,34,36-39,43H,20-26,28H2,1-6H3,(H,54,66)(H,55,61)(H,56,68)(H,57,67)(H,58,70)(H,59,69)(H,62,63)(H,64,65)/t34?,36-,37+,38-,39-,43+/m0/s1. The van der Waals surface area contributed by atoms with Crippen LogP contribution in [0.4, 0.5) is 13.2 Å². The SMILES string of the molecule is Cc1ccccc1C[C@H](NC(=O)[C@@H](Cc1ccc(OCc2ccccc2)cc1)NC(=O)[C@H](CC(=O)O)NC(=O)CCC(=O)O)C(=O)N[C@H](C(=O)N[C@@H](CC(C)C)C(=O)NC(C=O)CC(F)(F)F)C(C)(C)C. The number of aliphatic carboxylic acids is 2. The van der Waals surface area contributed by atoms with Crippen LogP contribution in [0.1, 0.15) is 89.0 Å². The van der Waals surface area contributed by atoms with Gasteiger partial charge >= 0.3 is 18.1 Å². The molecule has 6 amide bonds. The third kappa shape index (κ3) is 21.1. The van der Waals surface area contributed by atoms with Crippen LogP contribution < -0.4 is 36.6 Å². The van der Waals surface area contributed by atoms with Gasteiger partial charge in [0.15, 0.2) is 0 Å². The Hall–Kier alpha value is -7.32. The number of benzene rings is 3. The lowest BCUT2D eigenvalue weighted by molar-refractivity contribution is -0.147. The van der Waals surface area contributed by atoms with Gasteiger partial charge < -0.3 is 51.6 Å². The van der Waals surface area contributed by atoms with Crippen molar-refractivity contribution < 1.29 is 71.3 Å². The Kier molecular flexibility index (Phi) is 22.2. The van der Waals surface area contributed by atoms with Crippen molar-refractivity contribution in [2.45, 2.75) is 136 Å². The molecule has 3 aromatic carbocycles. The summed E-state index contributed by atoms with van der Waals surface area (Å²) in [7, 11) is 0. The van der Waals surface area contributed by atoms with Gasteiger partial charge in [0.1, 0.15) is 48.9 Å². The minimum Gasteiger partial charge on any atom is -0.489 e. The molecule has 0 aromatic heterocycles. The van der Waals surface area contributed by atoms with Gasteiger partial charge in [-0.2, -0.15) is 13.2 Å². The molecule has 0 bridgehead atoms. The van der Waals surface area contributed by atoms with Crippen LogP contribution in [0, 0.1) is 18.3 Å². The molecule has 0 aliphatic heterocycles. The van der Waals surface area contributed by atoms with Crippen molar-refractivity contribution in [3.8, 4) is 5.75 Å². The highest BCUT2D eigenvalue weighted by Crippen LogP contribution is 2.23. The topological polar surface area (TPSA) is 275 Å². The number of hydrogen-bond acceptors (Lipinski definition) is 10. The maximum atomic E-state index is 14.6. The molecule has 0 aliphatic rings. The molecule has 8 N–H and O–H groups in total. The van der Waals surface area contributed by atoms with E-state index in [9.17, 15) is 61.4 Å². The van der Waals surface area contributed by atoms with Crippen molar-refractivity contribution in [1.29, 1.82) is 0 Å². The molecule has 0 fully saturated rings. The molecule has 0 saturated heterocycles. The van der Waals surface area contributed by atoms with Crippen molar-refractivity contribution in [3.05, 3.63) is 101 Å². The van der Waals surface area contributed by atoms with Gasteiger partial charge in [-0.15, -0.1) is 0 Å². The molecule has 21 heteroatoms. The summed E-state index contributed by atoms with van der Waals surface area (Å²) >= 11 is 0. The summed E-state index contributed by atoms with van der Waals surface area (Å²) in [4.78, 5) is 117. The van der Waals surface area contributed by atoms with Gasteiger partial charge in [0.25, 0.3) is 0 Å². The molecule has 3 rings (SSSR count). The van der Waals surface area contributed by atoms with Crippen molar-refractivity contribution in [3.63, 3.8) is 0 Å².